The predicted molar refractivity (Wildman–Crippen MR) is 64.3 cm³/mol. The number of aryl methyl sites for hydroxylation is 2. The van der Waals surface area contributed by atoms with Gasteiger partial charge in [0.25, 0.3) is 0 Å². The van der Waals surface area contributed by atoms with Gasteiger partial charge in [0.15, 0.2) is 0 Å². The molecule has 0 amide bonds. The Hall–Kier alpha value is -1.77. The zero-order valence-electron chi connectivity index (χ0n) is 9.35. The first kappa shape index (κ1) is 9.46. The van der Waals surface area contributed by atoms with Crippen molar-refractivity contribution in [3.05, 3.63) is 47.3 Å². The molecule has 0 spiro atoms. The van der Waals surface area contributed by atoms with E-state index in [1.165, 1.54) is 11.1 Å². The first-order chi connectivity index (χ1) is 7.75. The topological polar surface area (TPSA) is 43.8 Å². The Morgan fingerprint density at radius 2 is 2.19 bits per heavy atom. The zero-order chi connectivity index (χ0) is 11.1. The number of aromatic nitrogens is 2. The molecule has 3 nitrogen and oxygen atoms in total. The van der Waals surface area contributed by atoms with E-state index in [0.29, 0.717) is 12.0 Å². The lowest BCUT2D eigenvalue weighted by atomic mass is 10.1. The lowest BCUT2D eigenvalue weighted by Crippen LogP contribution is -2.09. The molecule has 0 saturated carbocycles. The minimum atomic E-state index is 0.373. The second kappa shape index (κ2) is 3.37. The van der Waals surface area contributed by atoms with E-state index in [2.05, 4.69) is 33.8 Å². The summed E-state index contributed by atoms with van der Waals surface area (Å²) in [5.74, 6) is 0.624. The lowest BCUT2D eigenvalue weighted by molar-refractivity contribution is 0.587. The van der Waals surface area contributed by atoms with E-state index in [0.717, 1.165) is 18.5 Å². The summed E-state index contributed by atoms with van der Waals surface area (Å²) in [4.78, 5) is 4.27. The van der Waals surface area contributed by atoms with Crippen LogP contribution in [-0.4, -0.2) is 9.55 Å². The van der Waals surface area contributed by atoms with Gasteiger partial charge in [-0.3, -0.25) is 0 Å². The Bertz CT molecular complexity index is 528. The standard InChI is InChI=1S/C13H15N3/c1-9-8-16(13(14)15-9)12-7-6-10-4-2-3-5-11(10)12/h2-5,8,12H,6-7H2,1H3,(H2,14,15). The third-order valence-electron chi connectivity index (χ3n) is 3.32. The molecule has 16 heavy (non-hydrogen) atoms. The molecule has 1 aromatic heterocycles. The third-order valence-corrected chi connectivity index (χ3v) is 3.32. The fourth-order valence-corrected chi connectivity index (χ4v) is 2.61. The Morgan fingerprint density at radius 1 is 1.38 bits per heavy atom. The third kappa shape index (κ3) is 1.32. The molecule has 3 rings (SSSR count). The van der Waals surface area contributed by atoms with Crippen molar-refractivity contribution >= 4 is 5.95 Å². The summed E-state index contributed by atoms with van der Waals surface area (Å²) in [6.45, 7) is 1.98. The number of nitrogens with two attached hydrogens (primary N) is 1. The van der Waals surface area contributed by atoms with Gasteiger partial charge in [0.2, 0.25) is 5.95 Å². The summed E-state index contributed by atoms with van der Waals surface area (Å²) in [5, 5.41) is 0. The number of rotatable bonds is 1. The van der Waals surface area contributed by atoms with Crippen molar-refractivity contribution in [3.63, 3.8) is 0 Å². The molecular formula is C13H15N3. The van der Waals surface area contributed by atoms with Crippen molar-refractivity contribution in [3.8, 4) is 0 Å². The molecule has 2 aromatic rings. The van der Waals surface area contributed by atoms with Crippen LogP contribution in [-0.2, 0) is 6.42 Å². The summed E-state index contributed by atoms with van der Waals surface area (Å²) in [5.41, 5.74) is 9.76. The van der Waals surface area contributed by atoms with E-state index < -0.39 is 0 Å². The van der Waals surface area contributed by atoms with Gasteiger partial charge < -0.3 is 10.3 Å². The highest BCUT2D eigenvalue weighted by molar-refractivity contribution is 5.37. The van der Waals surface area contributed by atoms with E-state index in [1.807, 2.05) is 13.1 Å². The maximum atomic E-state index is 5.93. The van der Waals surface area contributed by atoms with Gasteiger partial charge in [0.05, 0.1) is 11.7 Å². The minimum absolute atomic E-state index is 0.373. The molecule has 0 saturated heterocycles. The molecule has 1 heterocycles. The van der Waals surface area contributed by atoms with Crippen LogP contribution in [0, 0.1) is 6.92 Å². The van der Waals surface area contributed by atoms with Crippen LogP contribution in [0.5, 0.6) is 0 Å². The van der Waals surface area contributed by atoms with Gasteiger partial charge in [-0.1, -0.05) is 24.3 Å². The molecule has 2 N–H and O–H groups in total. The molecule has 1 aliphatic rings. The van der Waals surface area contributed by atoms with Crippen LogP contribution in [0.25, 0.3) is 0 Å². The number of fused-ring (bicyclic) bond motifs is 1. The molecule has 0 radical (unpaired) electrons. The number of hydrogen-bond donors (Lipinski definition) is 1. The van der Waals surface area contributed by atoms with Crippen molar-refractivity contribution in [1.29, 1.82) is 0 Å². The van der Waals surface area contributed by atoms with E-state index in [9.17, 15) is 0 Å². The number of benzene rings is 1. The molecule has 0 bridgehead atoms. The lowest BCUT2D eigenvalue weighted by Gasteiger charge is -2.14. The molecule has 0 fully saturated rings. The van der Waals surface area contributed by atoms with Gasteiger partial charge >= 0.3 is 0 Å². The first-order valence-electron chi connectivity index (χ1n) is 5.64. The SMILES string of the molecule is Cc1cn(C2CCc3ccccc32)c(N)n1. The number of hydrogen-bond acceptors (Lipinski definition) is 2. The minimum Gasteiger partial charge on any atom is -0.369 e. The average Bonchev–Trinajstić information content (AvgIpc) is 2.81. The second-order valence-electron chi connectivity index (χ2n) is 4.40. The maximum absolute atomic E-state index is 5.93. The largest absolute Gasteiger partial charge is 0.369 e. The molecule has 0 aliphatic heterocycles. The smallest absolute Gasteiger partial charge is 0.200 e. The number of nitrogens with zero attached hydrogens (tertiary/aromatic N) is 2. The van der Waals surface area contributed by atoms with Crippen LogP contribution in [0.4, 0.5) is 5.95 Å². The van der Waals surface area contributed by atoms with Crippen LogP contribution in [0.2, 0.25) is 0 Å². The van der Waals surface area contributed by atoms with Gasteiger partial charge in [-0.05, 0) is 30.9 Å². The van der Waals surface area contributed by atoms with Gasteiger partial charge in [-0.15, -0.1) is 0 Å². The van der Waals surface area contributed by atoms with Crippen molar-refractivity contribution < 1.29 is 0 Å². The van der Waals surface area contributed by atoms with E-state index in [-0.39, 0.29) is 0 Å². The highest BCUT2D eigenvalue weighted by Gasteiger charge is 2.24. The number of imidazole rings is 1. The second-order valence-corrected chi connectivity index (χ2v) is 4.40. The Kier molecular flexibility index (Phi) is 1.99. The van der Waals surface area contributed by atoms with E-state index in [4.69, 9.17) is 5.73 Å². The highest BCUT2D eigenvalue weighted by atomic mass is 15.2. The van der Waals surface area contributed by atoms with Gasteiger partial charge in [-0.25, -0.2) is 4.98 Å². The molecule has 1 atom stereocenters. The quantitative estimate of drug-likeness (QED) is 0.790. The predicted octanol–water partition coefficient (Wildman–Crippen LogP) is 2.31. The van der Waals surface area contributed by atoms with Crippen LogP contribution < -0.4 is 5.73 Å². The van der Waals surface area contributed by atoms with Crippen molar-refractivity contribution in [2.24, 2.45) is 0 Å². The summed E-state index contributed by atoms with van der Waals surface area (Å²) < 4.78 is 2.10. The highest BCUT2D eigenvalue weighted by Crippen LogP contribution is 2.35. The van der Waals surface area contributed by atoms with Crippen molar-refractivity contribution in [2.45, 2.75) is 25.8 Å². The van der Waals surface area contributed by atoms with E-state index >= 15 is 0 Å². The van der Waals surface area contributed by atoms with Crippen molar-refractivity contribution in [2.75, 3.05) is 5.73 Å². The average molecular weight is 213 g/mol. The van der Waals surface area contributed by atoms with Crippen LogP contribution in [0.1, 0.15) is 29.3 Å². The normalized spacial score (nSPS) is 18.7. The number of anilines is 1. The van der Waals surface area contributed by atoms with Crippen molar-refractivity contribution in [1.82, 2.24) is 9.55 Å². The summed E-state index contributed by atoms with van der Waals surface area (Å²) in [6.07, 6.45) is 4.30. The summed E-state index contributed by atoms with van der Waals surface area (Å²) in [7, 11) is 0. The van der Waals surface area contributed by atoms with Crippen LogP contribution in [0.3, 0.4) is 0 Å². The molecule has 3 heteroatoms. The first-order valence-corrected chi connectivity index (χ1v) is 5.64. The summed E-state index contributed by atoms with van der Waals surface area (Å²) in [6, 6.07) is 8.97. The zero-order valence-corrected chi connectivity index (χ0v) is 9.35. The monoisotopic (exact) mass is 213 g/mol. The Labute approximate surface area is 94.9 Å². The van der Waals surface area contributed by atoms with Crippen LogP contribution in [0.15, 0.2) is 30.5 Å². The molecular weight excluding hydrogens is 198 g/mol. The Morgan fingerprint density at radius 3 is 2.94 bits per heavy atom. The number of nitrogen functional groups attached to an aromatic ring is 1. The van der Waals surface area contributed by atoms with Crippen LogP contribution >= 0.6 is 0 Å². The van der Waals surface area contributed by atoms with E-state index in [1.54, 1.807) is 0 Å². The molecule has 1 aliphatic carbocycles. The fourth-order valence-electron chi connectivity index (χ4n) is 2.61. The molecule has 1 aromatic carbocycles. The fraction of sp³-hybridized carbons (Fsp3) is 0.308. The van der Waals surface area contributed by atoms with Gasteiger partial charge in [0.1, 0.15) is 0 Å². The summed E-state index contributed by atoms with van der Waals surface area (Å²) >= 11 is 0. The van der Waals surface area contributed by atoms with Gasteiger partial charge in [0, 0.05) is 6.20 Å². The van der Waals surface area contributed by atoms with Gasteiger partial charge in [-0.2, -0.15) is 0 Å². The molecule has 1 unspecified atom stereocenters. The molecule has 82 valence electrons. The maximum Gasteiger partial charge on any atom is 0.200 e. The Balaban J connectivity index is 2.08.